The van der Waals surface area contributed by atoms with E-state index in [1.165, 1.54) is 91.9 Å². The zero-order valence-electron chi connectivity index (χ0n) is 21.3. The van der Waals surface area contributed by atoms with Gasteiger partial charge in [0.05, 0.1) is 14.2 Å². The van der Waals surface area contributed by atoms with Crippen LogP contribution >= 0.6 is 0 Å². The number of unbranched alkanes of at least 4 members (excludes halogenated alkanes) is 6. The molecule has 1 fully saturated rings. The first-order valence-corrected chi connectivity index (χ1v) is 13.3. The van der Waals surface area contributed by atoms with Gasteiger partial charge in [0.25, 0.3) is 0 Å². The Labute approximate surface area is 205 Å². The first kappa shape index (κ1) is 24.7. The number of hydrogen-bond acceptors (Lipinski definition) is 3. The number of hydrogen-bond donors (Lipinski definition) is 2. The molecule has 0 spiro atoms. The highest BCUT2D eigenvalue weighted by atomic mass is 16.5. The molecule has 1 aliphatic carbocycles. The van der Waals surface area contributed by atoms with Gasteiger partial charge in [0.15, 0.2) is 0 Å². The first-order chi connectivity index (χ1) is 16.7. The Hall–Kier alpha value is -2.46. The summed E-state index contributed by atoms with van der Waals surface area (Å²) >= 11 is 0. The summed E-state index contributed by atoms with van der Waals surface area (Å²) in [6.07, 6.45) is 14.4. The van der Waals surface area contributed by atoms with Crippen molar-refractivity contribution in [2.75, 3.05) is 14.2 Å². The second kappa shape index (κ2) is 12.3. The number of aromatic amines is 1. The summed E-state index contributed by atoms with van der Waals surface area (Å²) in [4.78, 5) is 3.72. The SMILES string of the molecule is CCCCCCCCCC(Cc1c(-c2ccc(OC)cc2)[nH]c2ccc(OC)cc12)NC1CC1. The fourth-order valence-corrected chi connectivity index (χ4v) is 4.99. The number of fused-ring (bicyclic) bond motifs is 1. The number of H-pyrrole nitrogens is 1. The summed E-state index contributed by atoms with van der Waals surface area (Å²) in [6, 6.07) is 16.0. The lowest BCUT2D eigenvalue weighted by molar-refractivity contribution is 0.415. The molecule has 4 nitrogen and oxygen atoms in total. The molecular formula is C30H42N2O2. The van der Waals surface area contributed by atoms with Crippen molar-refractivity contribution in [3.63, 3.8) is 0 Å². The van der Waals surface area contributed by atoms with Gasteiger partial charge in [-0.15, -0.1) is 0 Å². The van der Waals surface area contributed by atoms with Crippen LogP contribution in [0.1, 0.15) is 76.7 Å². The Morgan fingerprint density at radius 1 is 0.882 bits per heavy atom. The van der Waals surface area contributed by atoms with E-state index in [0.717, 1.165) is 17.9 Å². The zero-order valence-corrected chi connectivity index (χ0v) is 21.3. The van der Waals surface area contributed by atoms with E-state index in [1.807, 2.05) is 18.2 Å². The maximum absolute atomic E-state index is 5.58. The summed E-state index contributed by atoms with van der Waals surface area (Å²) in [5.41, 5.74) is 4.98. The van der Waals surface area contributed by atoms with Gasteiger partial charge in [0.2, 0.25) is 0 Å². The molecule has 1 heterocycles. The van der Waals surface area contributed by atoms with Gasteiger partial charge >= 0.3 is 0 Å². The van der Waals surface area contributed by atoms with Gasteiger partial charge in [-0.05, 0) is 79.3 Å². The minimum Gasteiger partial charge on any atom is -0.497 e. The molecule has 1 aliphatic rings. The van der Waals surface area contributed by atoms with E-state index in [4.69, 9.17) is 9.47 Å². The van der Waals surface area contributed by atoms with Crippen molar-refractivity contribution >= 4 is 10.9 Å². The Bertz CT molecular complexity index is 1020. The largest absolute Gasteiger partial charge is 0.497 e. The van der Waals surface area contributed by atoms with Crippen molar-refractivity contribution in [3.8, 4) is 22.8 Å². The van der Waals surface area contributed by atoms with Crippen LogP contribution in [0.4, 0.5) is 0 Å². The summed E-state index contributed by atoms with van der Waals surface area (Å²) in [7, 11) is 3.46. The van der Waals surface area contributed by atoms with Crippen molar-refractivity contribution in [1.29, 1.82) is 0 Å². The van der Waals surface area contributed by atoms with Crippen molar-refractivity contribution in [2.24, 2.45) is 0 Å². The van der Waals surface area contributed by atoms with E-state index in [0.29, 0.717) is 12.1 Å². The minimum atomic E-state index is 0.505. The molecular weight excluding hydrogens is 420 g/mol. The molecule has 2 N–H and O–H groups in total. The molecule has 1 atom stereocenters. The zero-order chi connectivity index (χ0) is 23.8. The van der Waals surface area contributed by atoms with E-state index in [2.05, 4.69) is 41.5 Å². The van der Waals surface area contributed by atoms with E-state index in [-0.39, 0.29) is 0 Å². The molecule has 0 amide bonds. The maximum Gasteiger partial charge on any atom is 0.119 e. The molecule has 184 valence electrons. The van der Waals surface area contributed by atoms with Crippen molar-refractivity contribution in [3.05, 3.63) is 48.0 Å². The van der Waals surface area contributed by atoms with Gasteiger partial charge in [-0.1, -0.05) is 51.9 Å². The van der Waals surface area contributed by atoms with Gasteiger partial charge < -0.3 is 19.8 Å². The predicted octanol–water partition coefficient (Wildman–Crippen LogP) is 7.66. The van der Waals surface area contributed by atoms with Crippen LogP contribution in [0.5, 0.6) is 11.5 Å². The van der Waals surface area contributed by atoms with Gasteiger partial charge in [-0.25, -0.2) is 0 Å². The van der Waals surface area contributed by atoms with Crippen LogP contribution in [-0.2, 0) is 6.42 Å². The summed E-state index contributed by atoms with van der Waals surface area (Å²) < 4.78 is 11.0. The summed E-state index contributed by atoms with van der Waals surface area (Å²) in [5.74, 6) is 1.79. The average molecular weight is 463 g/mol. The van der Waals surface area contributed by atoms with Crippen LogP contribution in [0.25, 0.3) is 22.2 Å². The van der Waals surface area contributed by atoms with Crippen molar-refractivity contribution < 1.29 is 9.47 Å². The highest BCUT2D eigenvalue weighted by molar-refractivity contribution is 5.92. The van der Waals surface area contributed by atoms with Crippen LogP contribution in [0.2, 0.25) is 0 Å². The van der Waals surface area contributed by atoms with Crippen molar-refractivity contribution in [2.45, 2.75) is 89.6 Å². The second-order valence-electron chi connectivity index (χ2n) is 9.87. The Kier molecular flexibility index (Phi) is 8.92. The molecule has 0 saturated heterocycles. The van der Waals surface area contributed by atoms with Gasteiger partial charge in [0, 0.05) is 28.7 Å². The highest BCUT2D eigenvalue weighted by Gasteiger charge is 2.26. The Morgan fingerprint density at radius 3 is 2.24 bits per heavy atom. The van der Waals surface area contributed by atoms with Gasteiger partial charge in [-0.2, -0.15) is 0 Å². The standard InChI is InChI=1S/C30H42N2O2/c1-4-5-6-7-8-9-10-11-24(31-23-14-15-23)20-28-27-21-26(34-3)18-19-29(27)32-30(28)22-12-16-25(33-2)17-13-22/h12-13,16-19,21,23-24,31-32H,4-11,14-15,20H2,1-3H3. The van der Waals surface area contributed by atoms with Crippen LogP contribution in [-0.4, -0.2) is 31.3 Å². The fourth-order valence-electron chi connectivity index (χ4n) is 4.99. The number of nitrogens with one attached hydrogen (secondary N) is 2. The van der Waals surface area contributed by atoms with Crippen LogP contribution in [0.3, 0.4) is 0 Å². The predicted molar refractivity (Wildman–Crippen MR) is 143 cm³/mol. The smallest absolute Gasteiger partial charge is 0.119 e. The third kappa shape index (κ3) is 6.56. The molecule has 1 aromatic heterocycles. The number of benzene rings is 2. The van der Waals surface area contributed by atoms with E-state index in [9.17, 15) is 0 Å². The molecule has 0 bridgehead atoms. The molecule has 1 saturated carbocycles. The van der Waals surface area contributed by atoms with E-state index < -0.39 is 0 Å². The first-order valence-electron chi connectivity index (χ1n) is 13.3. The number of rotatable bonds is 15. The van der Waals surface area contributed by atoms with Gasteiger partial charge in [0.1, 0.15) is 11.5 Å². The Balaban J connectivity index is 1.55. The number of ether oxygens (including phenoxy) is 2. The van der Waals surface area contributed by atoms with E-state index in [1.54, 1.807) is 14.2 Å². The molecule has 1 unspecified atom stereocenters. The molecule has 2 aromatic carbocycles. The lowest BCUT2D eigenvalue weighted by Crippen LogP contribution is -2.33. The lowest BCUT2D eigenvalue weighted by Gasteiger charge is -2.20. The third-order valence-electron chi connectivity index (χ3n) is 7.15. The van der Waals surface area contributed by atoms with Crippen molar-refractivity contribution in [1.82, 2.24) is 10.3 Å². The molecule has 0 radical (unpaired) electrons. The molecule has 34 heavy (non-hydrogen) atoms. The fraction of sp³-hybridized carbons (Fsp3) is 0.533. The topological polar surface area (TPSA) is 46.3 Å². The summed E-state index contributed by atoms with van der Waals surface area (Å²) in [6.45, 7) is 2.29. The van der Waals surface area contributed by atoms with Gasteiger partial charge in [-0.3, -0.25) is 0 Å². The van der Waals surface area contributed by atoms with Crippen LogP contribution in [0, 0.1) is 0 Å². The number of aromatic nitrogens is 1. The lowest BCUT2D eigenvalue weighted by atomic mass is 9.95. The quantitative estimate of drug-likeness (QED) is 0.228. The second-order valence-corrected chi connectivity index (χ2v) is 9.87. The summed E-state index contributed by atoms with van der Waals surface area (Å²) in [5, 5.41) is 5.24. The van der Waals surface area contributed by atoms with Crippen LogP contribution in [0.15, 0.2) is 42.5 Å². The normalized spacial score (nSPS) is 14.4. The van der Waals surface area contributed by atoms with Crippen LogP contribution < -0.4 is 14.8 Å². The maximum atomic E-state index is 5.58. The monoisotopic (exact) mass is 462 g/mol. The molecule has 0 aliphatic heterocycles. The Morgan fingerprint density at radius 2 is 1.56 bits per heavy atom. The van der Waals surface area contributed by atoms with E-state index >= 15 is 0 Å². The highest BCUT2D eigenvalue weighted by Crippen LogP contribution is 2.35. The number of methoxy groups -OCH3 is 2. The third-order valence-corrected chi connectivity index (χ3v) is 7.15. The minimum absolute atomic E-state index is 0.505. The molecule has 3 aromatic rings. The molecule has 4 heteroatoms. The average Bonchev–Trinajstić information content (AvgIpc) is 3.62. The molecule has 4 rings (SSSR count).